The van der Waals surface area contributed by atoms with Gasteiger partial charge in [-0.1, -0.05) is 164 Å². The van der Waals surface area contributed by atoms with Crippen LogP contribution in [0.5, 0.6) is 34.5 Å². The van der Waals surface area contributed by atoms with E-state index in [1.165, 1.54) is 0 Å². The molecule has 0 saturated carbocycles. The molecule has 5 aliphatic rings. The van der Waals surface area contributed by atoms with Crippen LogP contribution in [0.2, 0.25) is 0 Å². The maximum Gasteiger partial charge on any atom is 0.155 e. The number of nitrogens with zero attached hydrogens (tertiary/aromatic N) is 4. The van der Waals surface area contributed by atoms with Gasteiger partial charge in [0.25, 0.3) is 0 Å². The van der Waals surface area contributed by atoms with Gasteiger partial charge in [-0.25, -0.2) is 0 Å². The number of fused-ring (bicyclic) bond motifs is 20. The van der Waals surface area contributed by atoms with Crippen molar-refractivity contribution in [1.82, 2.24) is 0 Å². The van der Waals surface area contributed by atoms with Crippen molar-refractivity contribution in [3.8, 4) is 73.9 Å². The topological polar surface area (TPSA) is 110 Å². The number of para-hydroxylation sites is 3. The Hall–Kier alpha value is -12.5. The van der Waals surface area contributed by atoms with E-state index in [4.69, 9.17) is 32.2 Å². The molecule has 1 fully saturated rings. The van der Waals surface area contributed by atoms with E-state index in [1.54, 1.807) is 0 Å². The Morgan fingerprint density at radius 3 is 1.00 bits per heavy atom. The van der Waals surface area contributed by atoms with Crippen molar-refractivity contribution in [3.63, 3.8) is 0 Å². The number of hydrogen-bond donors (Lipinski definition) is 0. The maximum atomic E-state index is 13.2. The second kappa shape index (κ2) is 19.3. The summed E-state index contributed by atoms with van der Waals surface area (Å²) in [4.78, 5) is 6.90. The van der Waals surface area contributed by atoms with E-state index in [2.05, 4.69) is 160 Å². The van der Waals surface area contributed by atoms with Crippen LogP contribution in [0, 0.1) is 11.3 Å². The molecule has 2 atom stereocenters. The SMILES string of the molecule is N#Cc1c(N2c3ccc(-c4ccccc4)cc3Oc3cc4oc5ccccc5c4cc32)c2c(c(N3c4ccc(-c5ccccc5)cc4Oc4cc5oc6ccccc6c5cc43)c1N1c3ccc(-c4ccccc4)cc3Oc3cc4oc5ccccc5c4cc31)C1CCC2O1. The Kier molecular flexibility index (Phi) is 10.5. The van der Waals surface area contributed by atoms with Gasteiger partial charge >= 0.3 is 0 Å². The first-order valence-electron chi connectivity index (χ1n) is 31.7. The summed E-state index contributed by atoms with van der Waals surface area (Å²) in [5.41, 5.74) is 19.1. The zero-order chi connectivity index (χ0) is 61.4. The van der Waals surface area contributed by atoms with Crippen molar-refractivity contribution >= 4 is 117 Å². The Labute approximate surface area is 536 Å². The van der Waals surface area contributed by atoms with Crippen LogP contribution in [-0.4, -0.2) is 0 Å². The summed E-state index contributed by atoms with van der Waals surface area (Å²) in [5.74, 6) is 3.53. The number of ether oxygens (including phenoxy) is 4. The van der Waals surface area contributed by atoms with Crippen LogP contribution in [0.3, 0.4) is 0 Å². The molecule has 11 nitrogen and oxygen atoms in total. The molecule has 0 radical (unpaired) electrons. The van der Waals surface area contributed by atoms with Gasteiger partial charge in [0, 0.05) is 61.6 Å². The first-order chi connectivity index (χ1) is 46.5. The molecule has 2 unspecified atom stereocenters. The van der Waals surface area contributed by atoms with Gasteiger partial charge in [0.05, 0.1) is 63.4 Å². The average Bonchev–Trinajstić information content (AvgIpc) is 1.28. The highest BCUT2D eigenvalue weighted by atomic mass is 16.5. The van der Waals surface area contributed by atoms with E-state index in [0.29, 0.717) is 73.9 Å². The summed E-state index contributed by atoms with van der Waals surface area (Å²) < 4.78 is 49.4. The molecule has 13 aromatic carbocycles. The molecule has 21 rings (SSSR count). The van der Waals surface area contributed by atoms with E-state index >= 15 is 0 Å². The van der Waals surface area contributed by atoms with Crippen molar-refractivity contribution in [3.05, 3.63) is 271 Å². The maximum absolute atomic E-state index is 13.2. The third-order valence-corrected chi connectivity index (χ3v) is 19.6. The van der Waals surface area contributed by atoms with Gasteiger partial charge in [-0.15, -0.1) is 0 Å². The fraction of sp³-hybridized carbons (Fsp3) is 0.0482. The van der Waals surface area contributed by atoms with E-state index in [9.17, 15) is 5.26 Å². The summed E-state index contributed by atoms with van der Waals surface area (Å²) >= 11 is 0. The monoisotopic (exact) mass is 1210 g/mol. The molecule has 1 saturated heterocycles. The summed E-state index contributed by atoms with van der Waals surface area (Å²) in [7, 11) is 0. The third kappa shape index (κ3) is 7.33. The fourth-order valence-corrected chi connectivity index (χ4v) is 15.5. The van der Waals surface area contributed by atoms with Gasteiger partial charge in [-0.3, -0.25) is 0 Å². The summed E-state index contributed by atoms with van der Waals surface area (Å²) in [6.07, 6.45) is 0.626. The van der Waals surface area contributed by atoms with Crippen LogP contribution in [0.1, 0.15) is 41.7 Å². The quantitative estimate of drug-likeness (QED) is 0.159. The van der Waals surface area contributed by atoms with Gasteiger partial charge < -0.3 is 46.9 Å². The van der Waals surface area contributed by atoms with Gasteiger partial charge in [0.1, 0.15) is 45.1 Å². The summed E-state index contributed by atoms with van der Waals surface area (Å²) in [5, 5.41) is 18.8. The highest BCUT2D eigenvalue weighted by Gasteiger charge is 2.50. The number of rotatable bonds is 6. The van der Waals surface area contributed by atoms with E-state index < -0.39 is 12.2 Å². The minimum absolute atomic E-state index is 0.390. The lowest BCUT2D eigenvalue weighted by Crippen LogP contribution is -2.27. The van der Waals surface area contributed by atoms with E-state index in [-0.39, 0.29) is 0 Å². The van der Waals surface area contributed by atoms with Gasteiger partial charge in [0.15, 0.2) is 34.5 Å². The van der Waals surface area contributed by atoms with Crippen LogP contribution >= 0.6 is 0 Å². The predicted molar refractivity (Wildman–Crippen MR) is 369 cm³/mol. The Bertz CT molecular complexity index is 6010. The normalized spacial score (nSPS) is 15.5. The van der Waals surface area contributed by atoms with Crippen molar-refractivity contribution in [1.29, 1.82) is 5.26 Å². The molecule has 16 aromatic rings. The zero-order valence-corrected chi connectivity index (χ0v) is 50.0. The largest absolute Gasteiger partial charge is 0.456 e. The summed E-state index contributed by atoms with van der Waals surface area (Å²) in [6.45, 7) is 0. The average molecular weight is 1210 g/mol. The van der Waals surface area contributed by atoms with Crippen LogP contribution < -0.4 is 28.9 Å². The summed E-state index contributed by atoms with van der Waals surface area (Å²) in [6, 6.07) is 90.3. The highest BCUT2D eigenvalue weighted by Crippen LogP contribution is 2.69. The Morgan fingerprint density at radius 1 is 0.287 bits per heavy atom. The second-order valence-electron chi connectivity index (χ2n) is 24.8. The number of anilines is 9. The van der Waals surface area contributed by atoms with Gasteiger partial charge in [-0.05, 0) is 119 Å². The number of benzene rings is 13. The van der Waals surface area contributed by atoms with Gasteiger partial charge in [0.2, 0.25) is 0 Å². The second-order valence-corrected chi connectivity index (χ2v) is 24.8. The Balaban J connectivity index is 0.933. The zero-order valence-electron chi connectivity index (χ0n) is 50.0. The van der Waals surface area contributed by atoms with Crippen molar-refractivity contribution in [2.45, 2.75) is 25.0 Å². The molecule has 5 aliphatic heterocycles. The molecule has 442 valence electrons. The Morgan fingerprint density at radius 2 is 0.617 bits per heavy atom. The van der Waals surface area contributed by atoms with Crippen molar-refractivity contribution < 1.29 is 32.2 Å². The fourth-order valence-electron chi connectivity index (χ4n) is 15.5. The third-order valence-electron chi connectivity index (χ3n) is 19.6. The van der Waals surface area contributed by atoms with Crippen LogP contribution in [0.15, 0.2) is 268 Å². The van der Waals surface area contributed by atoms with Crippen molar-refractivity contribution in [2.24, 2.45) is 0 Å². The molecule has 11 heteroatoms. The molecular weight excluding hydrogens is 1160 g/mol. The predicted octanol–water partition coefficient (Wildman–Crippen LogP) is 23.9. The van der Waals surface area contributed by atoms with Gasteiger partial charge in [-0.2, -0.15) is 5.26 Å². The molecule has 8 heterocycles. The molecule has 2 bridgehead atoms. The lowest BCUT2D eigenvalue weighted by atomic mass is 9.83. The standard InChI is InChI=1S/C83H48N4O7/c84-45-58-81(85-59-31-28-49(46-16-4-1-5-17-46)36-73(59)92-76-42-70-55(39-62(76)85)52-22-10-13-25-65(52)88-70)79-68-34-35-69(91-68)80(79)83(87-61-33-30-51(48-20-8-3-9-21-48)38-75(61)94-78-44-72-57(41-64(78)87)54-24-12-15-27-67(54)90-72)82(58)86-60-32-29-50(47-18-6-2-7-19-47)37-74(60)93-77-43-71-56(40-63(77)86)53-23-11-14-26-66(53)89-71/h1-33,36-44,68-69H,34-35H2. The lowest BCUT2D eigenvalue weighted by molar-refractivity contribution is 0.0720. The first kappa shape index (κ1) is 51.3. The first-order valence-corrected chi connectivity index (χ1v) is 31.7. The lowest BCUT2D eigenvalue weighted by Gasteiger charge is -2.43. The highest BCUT2D eigenvalue weighted by molar-refractivity contribution is 6.14. The molecule has 0 spiro atoms. The van der Waals surface area contributed by atoms with Crippen LogP contribution in [0.4, 0.5) is 51.2 Å². The molecule has 94 heavy (non-hydrogen) atoms. The molecule has 3 aromatic heterocycles. The number of hydrogen-bond acceptors (Lipinski definition) is 11. The minimum Gasteiger partial charge on any atom is -0.456 e. The smallest absolute Gasteiger partial charge is 0.155 e. The van der Waals surface area contributed by atoms with Crippen molar-refractivity contribution in [2.75, 3.05) is 14.7 Å². The molecular formula is C83H48N4O7. The van der Waals surface area contributed by atoms with E-state index in [0.717, 1.165) is 141 Å². The molecule has 0 aliphatic carbocycles. The van der Waals surface area contributed by atoms with Crippen LogP contribution in [-0.2, 0) is 4.74 Å². The number of furan rings is 3. The van der Waals surface area contributed by atoms with Crippen LogP contribution in [0.25, 0.3) is 99.2 Å². The minimum atomic E-state index is -0.418. The molecule has 0 amide bonds. The number of nitriles is 1. The van der Waals surface area contributed by atoms with E-state index in [1.807, 2.05) is 115 Å². The molecule has 0 N–H and O–H groups in total.